The monoisotopic (exact) mass is 168 g/mol. The van der Waals surface area contributed by atoms with Gasteiger partial charge in [-0.1, -0.05) is 25.2 Å². The Hall–Kier alpha value is -0.670. The lowest BCUT2D eigenvalue weighted by Gasteiger charge is -2.07. The van der Waals surface area contributed by atoms with Crippen molar-refractivity contribution in [3.63, 3.8) is 0 Å². The fraction of sp³-hybridized carbons (Fsp3) is 0.375. The van der Waals surface area contributed by atoms with E-state index in [2.05, 4.69) is 11.9 Å². The van der Waals surface area contributed by atoms with Crippen LogP contribution in [-0.2, 0) is 0 Å². The van der Waals surface area contributed by atoms with Crippen LogP contribution in [0.2, 0.25) is 0 Å². The molecule has 0 unspecified atom stereocenters. The Morgan fingerprint density at radius 3 is 2.82 bits per heavy atom. The van der Waals surface area contributed by atoms with E-state index in [0.717, 1.165) is 16.6 Å². The lowest BCUT2D eigenvalue weighted by atomic mass is 10.1. The average Bonchev–Trinajstić information content (AvgIpc) is 2.05. The van der Waals surface area contributed by atoms with Gasteiger partial charge in [0.15, 0.2) is 0 Å². The largest absolute Gasteiger partial charge is 0.353 e. The van der Waals surface area contributed by atoms with Crippen LogP contribution in [-0.4, -0.2) is 4.98 Å². The average molecular weight is 168 g/mol. The summed E-state index contributed by atoms with van der Waals surface area (Å²) in [7, 11) is 0. The van der Waals surface area contributed by atoms with E-state index in [9.17, 15) is 0 Å². The summed E-state index contributed by atoms with van der Waals surface area (Å²) < 4.78 is 0.747. The van der Waals surface area contributed by atoms with Crippen LogP contribution in [0.3, 0.4) is 0 Å². The highest BCUT2D eigenvalue weighted by atomic mass is 32.1. The molecule has 0 aliphatic carbocycles. The van der Waals surface area contributed by atoms with Crippen LogP contribution in [0.1, 0.15) is 24.9 Å². The molecule has 0 saturated carbocycles. The predicted molar refractivity (Wildman–Crippen MR) is 48.8 cm³/mol. The number of rotatable bonds is 2. The maximum absolute atomic E-state index is 5.79. The van der Waals surface area contributed by atoms with Crippen molar-refractivity contribution in [1.82, 2.24) is 4.98 Å². The predicted octanol–water partition coefficient (Wildman–Crippen LogP) is 2.15. The Kier molecular flexibility index (Phi) is 2.79. The molecule has 1 heterocycles. The highest BCUT2D eigenvalue weighted by Crippen LogP contribution is 2.10. The Labute approximate surface area is 71.4 Å². The summed E-state index contributed by atoms with van der Waals surface area (Å²) in [6.07, 6.45) is 2.82. The zero-order chi connectivity index (χ0) is 8.27. The molecule has 3 N–H and O–H groups in total. The SMILES string of the molecule is CC[C@@H](N)c1ccc(=S)[nH]c1. The smallest absolute Gasteiger partial charge is 0.103 e. The Balaban J connectivity index is 2.89. The minimum atomic E-state index is 0.127. The molecule has 60 valence electrons. The van der Waals surface area contributed by atoms with Crippen molar-refractivity contribution in [3.8, 4) is 0 Å². The molecule has 0 radical (unpaired) electrons. The molecule has 0 fully saturated rings. The normalized spacial score (nSPS) is 12.9. The third kappa shape index (κ3) is 2.13. The van der Waals surface area contributed by atoms with Crippen molar-refractivity contribution in [3.05, 3.63) is 28.5 Å². The van der Waals surface area contributed by atoms with Crippen molar-refractivity contribution in [2.75, 3.05) is 0 Å². The standard InChI is InChI=1S/C8H12N2S/c1-2-7(9)6-3-4-8(11)10-5-6/h3-5,7H,2,9H2,1H3,(H,10,11)/t7-/m1/s1. The maximum atomic E-state index is 5.79. The van der Waals surface area contributed by atoms with Crippen LogP contribution >= 0.6 is 12.2 Å². The van der Waals surface area contributed by atoms with E-state index in [1.807, 2.05) is 18.3 Å². The summed E-state index contributed by atoms with van der Waals surface area (Å²) in [6, 6.07) is 3.95. The number of pyridine rings is 1. The molecular formula is C8H12N2S. The first-order valence-corrected chi connectivity index (χ1v) is 4.09. The quantitative estimate of drug-likeness (QED) is 0.664. The molecular weight excluding hydrogens is 156 g/mol. The van der Waals surface area contributed by atoms with Gasteiger partial charge in [-0.3, -0.25) is 0 Å². The van der Waals surface area contributed by atoms with Gasteiger partial charge in [-0.05, 0) is 18.1 Å². The zero-order valence-corrected chi connectivity index (χ0v) is 7.32. The Bertz CT molecular complexity index is 259. The first-order valence-electron chi connectivity index (χ1n) is 3.68. The summed E-state index contributed by atoms with van der Waals surface area (Å²) >= 11 is 4.90. The van der Waals surface area contributed by atoms with Crippen LogP contribution in [0.15, 0.2) is 18.3 Å². The fourth-order valence-corrected chi connectivity index (χ4v) is 1.02. The minimum Gasteiger partial charge on any atom is -0.353 e. The van der Waals surface area contributed by atoms with E-state index in [1.54, 1.807) is 0 Å². The van der Waals surface area contributed by atoms with E-state index in [0.29, 0.717) is 0 Å². The van der Waals surface area contributed by atoms with E-state index in [-0.39, 0.29) is 6.04 Å². The summed E-state index contributed by atoms with van der Waals surface area (Å²) in [6.45, 7) is 2.06. The summed E-state index contributed by atoms with van der Waals surface area (Å²) in [5, 5.41) is 0. The molecule has 0 spiro atoms. The number of H-pyrrole nitrogens is 1. The highest BCUT2D eigenvalue weighted by molar-refractivity contribution is 7.71. The lowest BCUT2D eigenvalue weighted by molar-refractivity contribution is 0.695. The molecule has 2 nitrogen and oxygen atoms in total. The topological polar surface area (TPSA) is 41.8 Å². The van der Waals surface area contributed by atoms with Crippen LogP contribution in [0.4, 0.5) is 0 Å². The van der Waals surface area contributed by atoms with Gasteiger partial charge in [0.05, 0.1) is 0 Å². The maximum Gasteiger partial charge on any atom is 0.103 e. The van der Waals surface area contributed by atoms with Gasteiger partial charge in [0, 0.05) is 12.2 Å². The third-order valence-corrected chi connectivity index (χ3v) is 1.93. The molecule has 0 saturated heterocycles. The van der Waals surface area contributed by atoms with Gasteiger partial charge < -0.3 is 10.7 Å². The number of aromatic amines is 1. The molecule has 11 heavy (non-hydrogen) atoms. The third-order valence-electron chi connectivity index (χ3n) is 1.68. The summed E-state index contributed by atoms with van der Waals surface area (Å²) in [5.41, 5.74) is 6.90. The number of aromatic nitrogens is 1. The molecule has 0 aromatic carbocycles. The van der Waals surface area contributed by atoms with Gasteiger partial charge in [0.25, 0.3) is 0 Å². The van der Waals surface area contributed by atoms with Crippen LogP contribution < -0.4 is 5.73 Å². The van der Waals surface area contributed by atoms with E-state index in [1.165, 1.54) is 0 Å². The number of nitrogens with one attached hydrogen (secondary N) is 1. The van der Waals surface area contributed by atoms with Gasteiger partial charge in [-0.25, -0.2) is 0 Å². The second-order valence-corrected chi connectivity index (χ2v) is 2.94. The highest BCUT2D eigenvalue weighted by Gasteiger charge is 2.00. The summed E-state index contributed by atoms with van der Waals surface area (Å²) in [5.74, 6) is 0. The Morgan fingerprint density at radius 2 is 2.36 bits per heavy atom. The molecule has 0 aliphatic heterocycles. The molecule has 1 atom stereocenters. The Morgan fingerprint density at radius 1 is 1.64 bits per heavy atom. The van der Waals surface area contributed by atoms with Crippen molar-refractivity contribution in [2.45, 2.75) is 19.4 Å². The van der Waals surface area contributed by atoms with Gasteiger partial charge in [-0.15, -0.1) is 0 Å². The number of hydrogen-bond acceptors (Lipinski definition) is 2. The molecule has 0 aliphatic rings. The lowest BCUT2D eigenvalue weighted by Crippen LogP contribution is -2.08. The minimum absolute atomic E-state index is 0.127. The molecule has 1 aromatic rings. The van der Waals surface area contributed by atoms with Crippen molar-refractivity contribution >= 4 is 12.2 Å². The number of hydrogen-bond donors (Lipinski definition) is 2. The second kappa shape index (κ2) is 3.64. The first-order chi connectivity index (χ1) is 5.24. The van der Waals surface area contributed by atoms with Gasteiger partial charge in [-0.2, -0.15) is 0 Å². The van der Waals surface area contributed by atoms with Gasteiger partial charge in [0.1, 0.15) is 4.64 Å². The van der Waals surface area contributed by atoms with E-state index < -0.39 is 0 Å². The molecule has 3 heteroatoms. The van der Waals surface area contributed by atoms with Gasteiger partial charge >= 0.3 is 0 Å². The van der Waals surface area contributed by atoms with Crippen molar-refractivity contribution < 1.29 is 0 Å². The fourth-order valence-electron chi connectivity index (χ4n) is 0.889. The summed E-state index contributed by atoms with van der Waals surface area (Å²) in [4.78, 5) is 2.95. The van der Waals surface area contributed by atoms with Crippen LogP contribution in [0.25, 0.3) is 0 Å². The molecule has 1 rings (SSSR count). The number of nitrogens with two attached hydrogens (primary N) is 1. The van der Waals surface area contributed by atoms with Crippen molar-refractivity contribution in [1.29, 1.82) is 0 Å². The van der Waals surface area contributed by atoms with Gasteiger partial charge in [0.2, 0.25) is 0 Å². The van der Waals surface area contributed by atoms with E-state index >= 15 is 0 Å². The zero-order valence-electron chi connectivity index (χ0n) is 6.50. The first kappa shape index (κ1) is 8.43. The molecule has 0 bridgehead atoms. The van der Waals surface area contributed by atoms with Crippen molar-refractivity contribution in [2.24, 2.45) is 5.73 Å². The molecule has 0 amide bonds. The van der Waals surface area contributed by atoms with Crippen LogP contribution in [0.5, 0.6) is 0 Å². The molecule has 1 aromatic heterocycles. The van der Waals surface area contributed by atoms with Crippen LogP contribution in [0, 0.1) is 4.64 Å². The van der Waals surface area contributed by atoms with E-state index in [4.69, 9.17) is 18.0 Å². The second-order valence-electron chi connectivity index (χ2n) is 2.50.